The number of aromatic nitrogens is 5. The summed E-state index contributed by atoms with van der Waals surface area (Å²) in [7, 11) is 0. The highest BCUT2D eigenvalue weighted by Gasteiger charge is 2.43. The number of aromatic amines is 1. The van der Waals surface area contributed by atoms with Crippen molar-refractivity contribution in [3.63, 3.8) is 0 Å². The van der Waals surface area contributed by atoms with E-state index in [1.165, 1.54) is 12.1 Å². The number of fused-ring (bicyclic) bond motifs is 2. The highest BCUT2D eigenvalue weighted by atomic mass is 19.1. The number of likely N-dealkylation sites (tertiary alicyclic amines) is 1. The predicted octanol–water partition coefficient (Wildman–Crippen LogP) is 3.83. The summed E-state index contributed by atoms with van der Waals surface area (Å²) < 4.78 is 40.2. The molecule has 2 unspecified atom stereocenters. The number of hydrogen-bond acceptors (Lipinski definition) is 10. The number of hydrogen-bond donors (Lipinski definition) is 2. The molecule has 6 heterocycles. The van der Waals surface area contributed by atoms with E-state index in [2.05, 4.69) is 29.1 Å². The summed E-state index contributed by atoms with van der Waals surface area (Å²) in [4.78, 5) is 37.4. The molecule has 3 aromatic heterocycles. The van der Waals surface area contributed by atoms with E-state index in [9.17, 15) is 9.59 Å². The molecule has 2 aromatic carbocycles. The minimum absolute atomic E-state index is 0.0790. The average molecular weight is 642 g/mol. The second-order valence-corrected chi connectivity index (χ2v) is 12.4. The minimum atomic E-state index is -1.39. The molecule has 3 aliphatic heterocycles. The number of carbonyl (C=O) groups is 1. The number of pyridine rings is 1. The van der Waals surface area contributed by atoms with Crippen LogP contribution in [0.15, 0.2) is 58.0 Å². The first-order valence-electron chi connectivity index (χ1n) is 15.6. The number of halogens is 1. The van der Waals surface area contributed by atoms with Crippen LogP contribution in [-0.2, 0) is 23.6 Å². The number of amides is 1. The molecule has 0 aliphatic carbocycles. The molecular formula is C33H32FN7O6. The average Bonchev–Trinajstić information content (AvgIpc) is 3.73. The zero-order chi connectivity index (χ0) is 32.3. The number of piperidine rings is 1. The zero-order valence-corrected chi connectivity index (χ0v) is 25.6. The van der Waals surface area contributed by atoms with Crippen LogP contribution in [0.5, 0.6) is 11.5 Å². The van der Waals surface area contributed by atoms with Gasteiger partial charge in [-0.05, 0) is 68.6 Å². The molecular weight excluding hydrogens is 609 g/mol. The van der Waals surface area contributed by atoms with Crippen molar-refractivity contribution in [2.75, 3.05) is 19.7 Å². The number of nitrogens with two attached hydrogens (primary N) is 1. The van der Waals surface area contributed by atoms with Gasteiger partial charge in [-0.25, -0.2) is 14.2 Å². The van der Waals surface area contributed by atoms with E-state index < -0.39 is 23.3 Å². The van der Waals surface area contributed by atoms with Crippen molar-refractivity contribution in [3.8, 4) is 23.0 Å². The van der Waals surface area contributed by atoms with Gasteiger partial charge in [-0.15, -0.1) is 0 Å². The van der Waals surface area contributed by atoms with Gasteiger partial charge in [-0.1, -0.05) is 17.3 Å². The van der Waals surface area contributed by atoms with E-state index in [4.69, 9.17) is 24.9 Å². The molecule has 242 valence electrons. The molecule has 0 radical (unpaired) electrons. The Labute approximate surface area is 267 Å². The highest BCUT2D eigenvalue weighted by Crippen LogP contribution is 2.49. The molecule has 13 nitrogen and oxygen atoms in total. The normalized spacial score (nSPS) is 21.3. The second-order valence-electron chi connectivity index (χ2n) is 12.4. The van der Waals surface area contributed by atoms with E-state index >= 15 is 4.39 Å². The van der Waals surface area contributed by atoms with Crippen molar-refractivity contribution in [2.45, 2.75) is 57.1 Å². The van der Waals surface area contributed by atoms with Crippen molar-refractivity contribution in [1.82, 2.24) is 29.6 Å². The first-order valence-corrected chi connectivity index (χ1v) is 15.6. The number of nitrogens with zero attached hydrogens (tertiary/aromatic N) is 5. The van der Waals surface area contributed by atoms with E-state index in [1.54, 1.807) is 19.2 Å². The molecule has 2 saturated heterocycles. The van der Waals surface area contributed by atoms with Gasteiger partial charge in [0.15, 0.2) is 11.5 Å². The topological polar surface area (TPSA) is 164 Å². The van der Waals surface area contributed by atoms with Gasteiger partial charge in [0.2, 0.25) is 11.7 Å². The van der Waals surface area contributed by atoms with Crippen molar-refractivity contribution in [1.29, 1.82) is 0 Å². The first kappa shape index (κ1) is 29.3. The van der Waals surface area contributed by atoms with Crippen LogP contribution in [0.3, 0.4) is 0 Å². The molecule has 0 bridgehead atoms. The van der Waals surface area contributed by atoms with Gasteiger partial charge in [0.1, 0.15) is 17.3 Å². The molecule has 0 saturated carbocycles. The fourth-order valence-corrected chi connectivity index (χ4v) is 6.72. The number of carbonyl (C=O) groups excluding carboxylic acids is 1. The Morgan fingerprint density at radius 3 is 2.68 bits per heavy atom. The van der Waals surface area contributed by atoms with Gasteiger partial charge >= 0.3 is 5.76 Å². The Morgan fingerprint density at radius 2 is 1.98 bits per heavy atom. The Kier molecular flexibility index (Phi) is 7.06. The SMILES string of the molecule is CC1(c2ccc(C(N)=O)cc2F)Oc2cccc(C3CCN(Cc4nc5cc(-c6noc(=O)[nH]6)ncc5n4CC4CCO4)CC3)c2O1. The number of para-hydroxylation sites is 1. The molecule has 0 spiro atoms. The Hall–Kier alpha value is -5.08. The fraction of sp³-hybridized carbons (Fsp3) is 0.364. The maximum Gasteiger partial charge on any atom is 0.439 e. The predicted molar refractivity (Wildman–Crippen MR) is 165 cm³/mol. The maximum atomic E-state index is 15.1. The Balaban J connectivity index is 0.994. The largest absolute Gasteiger partial charge is 0.444 e. The Morgan fingerprint density at radius 1 is 1.15 bits per heavy atom. The molecule has 47 heavy (non-hydrogen) atoms. The number of ether oxygens (including phenoxy) is 3. The van der Waals surface area contributed by atoms with Gasteiger partial charge < -0.3 is 24.5 Å². The molecule has 14 heteroatoms. The summed E-state index contributed by atoms with van der Waals surface area (Å²) in [6, 6.07) is 11.7. The van der Waals surface area contributed by atoms with Gasteiger partial charge in [-0.3, -0.25) is 24.2 Å². The monoisotopic (exact) mass is 641 g/mol. The first-order chi connectivity index (χ1) is 22.7. The lowest BCUT2D eigenvalue weighted by Crippen LogP contribution is -2.35. The fourth-order valence-electron chi connectivity index (χ4n) is 6.72. The summed E-state index contributed by atoms with van der Waals surface area (Å²) in [5, 5.41) is 3.76. The van der Waals surface area contributed by atoms with Crippen LogP contribution < -0.4 is 21.0 Å². The minimum Gasteiger partial charge on any atom is -0.444 e. The number of H-pyrrole nitrogens is 1. The third-order valence-electron chi connectivity index (χ3n) is 9.32. The van der Waals surface area contributed by atoms with Crippen molar-refractivity contribution in [2.24, 2.45) is 5.73 Å². The molecule has 1 amide bonds. The summed E-state index contributed by atoms with van der Waals surface area (Å²) in [6.07, 6.45) is 4.65. The zero-order valence-electron chi connectivity index (χ0n) is 25.6. The van der Waals surface area contributed by atoms with Crippen molar-refractivity contribution in [3.05, 3.63) is 87.5 Å². The van der Waals surface area contributed by atoms with Crippen LogP contribution >= 0.6 is 0 Å². The quantitative estimate of drug-likeness (QED) is 0.255. The summed E-state index contributed by atoms with van der Waals surface area (Å²) in [6.45, 7) is 5.43. The van der Waals surface area contributed by atoms with Crippen LogP contribution in [0.4, 0.5) is 4.39 Å². The lowest BCUT2D eigenvalue weighted by Gasteiger charge is -2.33. The standard InChI is InChI=1S/C33H32FN7O6/c1-33(22-6-5-19(30(35)42)13-23(22)34)45-27-4-2-3-21(29(27)46-33)18-7-10-40(11-8-18)17-28-37-24-14-25(31-38-32(43)47-39-31)36-15-26(24)41(28)16-20-9-12-44-20/h2-6,13-15,18,20H,7-12,16-17H2,1H3,(H2,35,42)(H,38,39,43). The molecule has 3 aliphatic rings. The van der Waals surface area contributed by atoms with E-state index in [-0.39, 0.29) is 29.0 Å². The number of benzene rings is 2. The Bertz CT molecular complexity index is 2060. The van der Waals surface area contributed by atoms with E-state index in [0.29, 0.717) is 30.3 Å². The number of imidazole rings is 1. The lowest BCUT2D eigenvalue weighted by molar-refractivity contribution is -0.0712. The van der Waals surface area contributed by atoms with Crippen LogP contribution in [0, 0.1) is 5.82 Å². The second kappa shape index (κ2) is 11.3. The molecule has 2 atom stereocenters. The van der Waals surface area contributed by atoms with Gasteiger partial charge in [0.05, 0.1) is 42.0 Å². The highest BCUT2D eigenvalue weighted by molar-refractivity contribution is 5.92. The van der Waals surface area contributed by atoms with Crippen LogP contribution in [0.2, 0.25) is 0 Å². The van der Waals surface area contributed by atoms with Gasteiger partial charge in [0, 0.05) is 24.7 Å². The van der Waals surface area contributed by atoms with Gasteiger partial charge in [-0.2, -0.15) is 0 Å². The van der Waals surface area contributed by atoms with E-state index in [0.717, 1.165) is 67.4 Å². The van der Waals surface area contributed by atoms with Crippen molar-refractivity contribution < 1.29 is 27.9 Å². The van der Waals surface area contributed by atoms with Crippen LogP contribution in [0.1, 0.15) is 59.4 Å². The smallest absolute Gasteiger partial charge is 0.439 e. The lowest BCUT2D eigenvalue weighted by atomic mass is 9.88. The third-order valence-corrected chi connectivity index (χ3v) is 9.32. The van der Waals surface area contributed by atoms with E-state index in [1.807, 2.05) is 18.2 Å². The van der Waals surface area contributed by atoms with Gasteiger partial charge in [0.25, 0.3) is 5.79 Å². The molecule has 5 aromatic rings. The summed E-state index contributed by atoms with van der Waals surface area (Å²) >= 11 is 0. The number of primary amides is 1. The van der Waals surface area contributed by atoms with Crippen LogP contribution in [0.25, 0.3) is 22.6 Å². The summed E-state index contributed by atoms with van der Waals surface area (Å²) in [5.74, 6) is -0.800. The number of nitrogens with one attached hydrogen (secondary N) is 1. The molecule has 2 fully saturated rings. The molecule has 3 N–H and O–H groups in total. The van der Waals surface area contributed by atoms with Crippen molar-refractivity contribution >= 4 is 16.9 Å². The third kappa shape index (κ3) is 5.32. The number of rotatable bonds is 8. The maximum absolute atomic E-state index is 15.1. The van der Waals surface area contributed by atoms with Crippen LogP contribution in [-0.4, -0.2) is 61.3 Å². The molecule has 8 rings (SSSR count). The summed E-state index contributed by atoms with van der Waals surface area (Å²) in [5.41, 5.74) is 8.73.